The molecule has 0 saturated heterocycles. The van der Waals surface area contributed by atoms with Gasteiger partial charge in [-0.3, -0.25) is 9.59 Å². The maximum absolute atomic E-state index is 13.0. The van der Waals surface area contributed by atoms with E-state index in [0.29, 0.717) is 25.9 Å². The zero-order valence-corrected chi connectivity index (χ0v) is 24.3. The number of hydrogen-bond donors (Lipinski definition) is 0. The molecule has 4 nitrogen and oxygen atoms in total. The third kappa shape index (κ3) is 20.6. The van der Waals surface area contributed by atoms with Crippen molar-refractivity contribution in [2.45, 2.75) is 142 Å². The molecule has 0 saturated carbocycles. The summed E-state index contributed by atoms with van der Waals surface area (Å²) >= 11 is 0. The molecule has 0 bridgehead atoms. The number of carbonyl (C=O) groups excluding carboxylic acids is 2. The fourth-order valence-electron chi connectivity index (χ4n) is 4.52. The highest BCUT2D eigenvalue weighted by molar-refractivity contribution is 5.77. The predicted octanol–water partition coefficient (Wildman–Crippen LogP) is 8.86. The van der Waals surface area contributed by atoms with Crippen molar-refractivity contribution in [3.05, 3.63) is 25.3 Å². The van der Waals surface area contributed by atoms with Crippen LogP contribution >= 0.6 is 0 Å². The Morgan fingerprint density at radius 2 is 0.833 bits per heavy atom. The van der Waals surface area contributed by atoms with Crippen LogP contribution in [0.5, 0.6) is 0 Å². The number of hydrogen-bond acceptors (Lipinski definition) is 2. The van der Waals surface area contributed by atoms with Crippen LogP contribution in [0.15, 0.2) is 25.3 Å². The lowest BCUT2D eigenvalue weighted by atomic mass is 10.1. The summed E-state index contributed by atoms with van der Waals surface area (Å²) in [5.74, 6) is 0.545. The smallest absolute Gasteiger partial charge is 0.222 e. The molecular formula is C32H60N2O2. The first-order valence-electron chi connectivity index (χ1n) is 15.4. The van der Waals surface area contributed by atoms with Gasteiger partial charge < -0.3 is 9.80 Å². The van der Waals surface area contributed by atoms with Crippen LogP contribution < -0.4 is 0 Å². The van der Waals surface area contributed by atoms with Gasteiger partial charge in [-0.1, -0.05) is 90.2 Å². The van der Waals surface area contributed by atoms with Crippen molar-refractivity contribution in [1.82, 2.24) is 9.80 Å². The molecule has 4 heteroatoms. The highest BCUT2D eigenvalue weighted by Gasteiger charge is 2.17. The summed E-state index contributed by atoms with van der Waals surface area (Å²) in [6.07, 6.45) is 25.9. The van der Waals surface area contributed by atoms with Crippen LogP contribution in [0, 0.1) is 0 Å². The van der Waals surface area contributed by atoms with Crippen LogP contribution in [0.4, 0.5) is 0 Å². The van der Waals surface area contributed by atoms with Gasteiger partial charge in [-0.15, -0.1) is 13.2 Å². The summed E-state index contributed by atoms with van der Waals surface area (Å²) in [7, 11) is 0. The number of allylic oxidation sites excluding steroid dienone is 2. The summed E-state index contributed by atoms with van der Waals surface area (Å²) in [4.78, 5) is 30.0. The first-order chi connectivity index (χ1) is 17.6. The van der Waals surface area contributed by atoms with E-state index in [1.807, 2.05) is 22.0 Å². The quantitative estimate of drug-likeness (QED) is 0.0828. The van der Waals surface area contributed by atoms with Gasteiger partial charge in [-0.05, 0) is 51.4 Å². The van der Waals surface area contributed by atoms with E-state index < -0.39 is 0 Å². The van der Waals surface area contributed by atoms with Crippen molar-refractivity contribution < 1.29 is 9.59 Å². The van der Waals surface area contributed by atoms with Gasteiger partial charge >= 0.3 is 0 Å². The number of rotatable bonds is 27. The lowest BCUT2D eigenvalue weighted by Crippen LogP contribution is -2.41. The molecule has 0 aromatic rings. The summed E-state index contributed by atoms with van der Waals surface area (Å²) in [6.45, 7) is 14.9. The van der Waals surface area contributed by atoms with Gasteiger partial charge in [0.15, 0.2) is 0 Å². The van der Waals surface area contributed by atoms with Gasteiger partial charge in [0.2, 0.25) is 11.8 Å². The number of nitrogens with zero attached hydrogens (tertiary/aromatic N) is 2. The van der Waals surface area contributed by atoms with Crippen LogP contribution in [0.25, 0.3) is 0 Å². The second-order valence-corrected chi connectivity index (χ2v) is 10.4. The summed E-state index contributed by atoms with van der Waals surface area (Å²) in [5.41, 5.74) is 0. The van der Waals surface area contributed by atoms with Crippen LogP contribution in [0.3, 0.4) is 0 Å². The molecule has 210 valence electrons. The Labute approximate surface area is 225 Å². The third-order valence-corrected chi connectivity index (χ3v) is 7.01. The maximum Gasteiger partial charge on any atom is 0.222 e. The first-order valence-corrected chi connectivity index (χ1v) is 15.4. The van der Waals surface area contributed by atoms with E-state index >= 15 is 0 Å². The zero-order valence-electron chi connectivity index (χ0n) is 24.3. The van der Waals surface area contributed by atoms with E-state index in [4.69, 9.17) is 0 Å². The largest absolute Gasteiger partial charge is 0.341 e. The molecule has 0 heterocycles. The average Bonchev–Trinajstić information content (AvgIpc) is 2.88. The summed E-state index contributed by atoms with van der Waals surface area (Å²) < 4.78 is 0. The van der Waals surface area contributed by atoms with Gasteiger partial charge in [-0.25, -0.2) is 0 Å². The molecule has 0 spiro atoms. The van der Waals surface area contributed by atoms with Gasteiger partial charge in [-0.2, -0.15) is 0 Å². The molecule has 0 aliphatic heterocycles. The minimum Gasteiger partial charge on any atom is -0.341 e. The van der Waals surface area contributed by atoms with Crippen LogP contribution in [-0.2, 0) is 9.59 Å². The molecule has 0 aliphatic carbocycles. The van der Waals surface area contributed by atoms with Gasteiger partial charge in [0.25, 0.3) is 0 Å². The molecular weight excluding hydrogens is 444 g/mol. The molecule has 36 heavy (non-hydrogen) atoms. The Balaban J connectivity index is 4.45. The standard InChI is InChI=1S/C32H60N2O2/c1-5-9-13-15-17-19-21-23-25-31(35)33(27-11-7-3)29-30-34(28-12-8-4)32(36)26-24-22-20-18-16-14-10-6-2/h5-6H,1-2,7-30H2,3-4H3. The Morgan fingerprint density at radius 3 is 1.17 bits per heavy atom. The highest BCUT2D eigenvalue weighted by atomic mass is 16.2. The Bertz CT molecular complexity index is 498. The van der Waals surface area contributed by atoms with Crippen LogP contribution in [0.2, 0.25) is 0 Å². The van der Waals surface area contributed by atoms with Gasteiger partial charge in [0, 0.05) is 39.0 Å². The van der Waals surface area contributed by atoms with Crippen molar-refractivity contribution >= 4 is 11.8 Å². The molecule has 0 aromatic carbocycles. The van der Waals surface area contributed by atoms with Crippen molar-refractivity contribution in [1.29, 1.82) is 0 Å². The molecule has 0 aliphatic rings. The van der Waals surface area contributed by atoms with E-state index in [2.05, 4.69) is 27.0 Å². The van der Waals surface area contributed by atoms with E-state index in [0.717, 1.165) is 77.3 Å². The lowest BCUT2D eigenvalue weighted by Gasteiger charge is -2.28. The molecule has 0 fully saturated rings. The van der Waals surface area contributed by atoms with Crippen LogP contribution in [0.1, 0.15) is 142 Å². The molecule has 0 atom stereocenters. The highest BCUT2D eigenvalue weighted by Crippen LogP contribution is 2.12. The van der Waals surface area contributed by atoms with Crippen molar-refractivity contribution in [3.8, 4) is 0 Å². The maximum atomic E-state index is 13.0. The Morgan fingerprint density at radius 1 is 0.500 bits per heavy atom. The molecule has 0 rings (SSSR count). The van der Waals surface area contributed by atoms with Crippen LogP contribution in [-0.4, -0.2) is 47.8 Å². The Kier molecular flexibility index (Phi) is 25.3. The third-order valence-electron chi connectivity index (χ3n) is 7.01. The second kappa shape index (κ2) is 26.5. The van der Waals surface area contributed by atoms with E-state index in [1.54, 1.807) is 0 Å². The second-order valence-electron chi connectivity index (χ2n) is 10.4. The SMILES string of the molecule is C=CCCCCCCCCC(=O)N(CCCC)CCN(CCCC)C(=O)CCCCCCCCC=C. The number of amides is 2. The van der Waals surface area contributed by atoms with E-state index in [9.17, 15) is 9.59 Å². The zero-order chi connectivity index (χ0) is 26.7. The fraction of sp³-hybridized carbons (Fsp3) is 0.812. The minimum atomic E-state index is 0.273. The molecule has 0 unspecified atom stereocenters. The summed E-state index contributed by atoms with van der Waals surface area (Å²) in [5, 5.41) is 0. The van der Waals surface area contributed by atoms with Crippen molar-refractivity contribution in [2.75, 3.05) is 26.2 Å². The fourth-order valence-corrected chi connectivity index (χ4v) is 4.52. The minimum absolute atomic E-state index is 0.273. The van der Waals surface area contributed by atoms with Crippen molar-refractivity contribution in [2.24, 2.45) is 0 Å². The Hall–Kier alpha value is -1.58. The number of carbonyl (C=O) groups is 2. The molecule has 2 amide bonds. The molecule has 0 aromatic heterocycles. The van der Waals surface area contributed by atoms with Gasteiger partial charge in [0.1, 0.15) is 0 Å². The average molecular weight is 505 g/mol. The summed E-state index contributed by atoms with van der Waals surface area (Å²) in [6, 6.07) is 0. The normalized spacial score (nSPS) is 10.8. The van der Waals surface area contributed by atoms with Gasteiger partial charge in [0.05, 0.1) is 0 Å². The predicted molar refractivity (Wildman–Crippen MR) is 157 cm³/mol. The van der Waals surface area contributed by atoms with E-state index in [1.165, 1.54) is 51.4 Å². The topological polar surface area (TPSA) is 40.6 Å². The number of unbranched alkanes of at least 4 members (excludes halogenated alkanes) is 14. The van der Waals surface area contributed by atoms with E-state index in [-0.39, 0.29) is 11.8 Å². The molecule has 0 N–H and O–H groups in total. The monoisotopic (exact) mass is 504 g/mol. The molecule has 0 radical (unpaired) electrons. The first kappa shape index (κ1) is 34.4. The lowest BCUT2D eigenvalue weighted by molar-refractivity contribution is -0.135. The van der Waals surface area contributed by atoms with Crippen molar-refractivity contribution in [3.63, 3.8) is 0 Å².